The molecule has 1 unspecified atom stereocenters. The average Bonchev–Trinajstić information content (AvgIpc) is 2.86. The summed E-state index contributed by atoms with van der Waals surface area (Å²) in [4.78, 5) is 24.7. The minimum Gasteiger partial charge on any atom is -0.360 e. The lowest BCUT2D eigenvalue weighted by molar-refractivity contribution is -0.121. The van der Waals surface area contributed by atoms with E-state index in [9.17, 15) is 9.59 Å². The van der Waals surface area contributed by atoms with Gasteiger partial charge in [-0.2, -0.15) is 0 Å². The Hall–Kier alpha value is -1.84. The predicted octanol–water partition coefficient (Wildman–Crippen LogP) is 1.52. The zero-order valence-corrected chi connectivity index (χ0v) is 10.8. The molecule has 18 heavy (non-hydrogen) atoms. The molecule has 0 radical (unpaired) electrons. The fourth-order valence-electron chi connectivity index (χ4n) is 2.49. The molecule has 4 heteroatoms. The SMILES string of the molecule is CNC(=O)C1CCCN1c1ccc(C=O)c(C)c1. The Morgan fingerprint density at radius 1 is 1.50 bits per heavy atom. The van der Waals surface area contributed by atoms with Gasteiger partial charge in [0.25, 0.3) is 0 Å². The molecule has 0 aromatic heterocycles. The number of benzene rings is 1. The lowest BCUT2D eigenvalue weighted by atomic mass is 10.1. The summed E-state index contributed by atoms with van der Waals surface area (Å²) in [5, 5.41) is 2.71. The molecule has 96 valence electrons. The first kappa shape index (κ1) is 12.6. The Balaban J connectivity index is 2.27. The molecule has 1 amide bonds. The van der Waals surface area contributed by atoms with E-state index in [2.05, 4.69) is 10.2 Å². The van der Waals surface area contributed by atoms with Gasteiger partial charge in [0.15, 0.2) is 0 Å². The monoisotopic (exact) mass is 246 g/mol. The largest absolute Gasteiger partial charge is 0.360 e. The van der Waals surface area contributed by atoms with E-state index in [0.29, 0.717) is 5.56 Å². The molecule has 1 aliphatic rings. The van der Waals surface area contributed by atoms with E-state index in [-0.39, 0.29) is 11.9 Å². The van der Waals surface area contributed by atoms with Crippen LogP contribution in [0.4, 0.5) is 5.69 Å². The number of anilines is 1. The van der Waals surface area contributed by atoms with Crippen molar-refractivity contribution in [2.24, 2.45) is 0 Å². The molecule has 0 aliphatic carbocycles. The van der Waals surface area contributed by atoms with E-state index in [4.69, 9.17) is 0 Å². The van der Waals surface area contributed by atoms with Crippen LogP contribution in [0, 0.1) is 6.92 Å². The van der Waals surface area contributed by atoms with Gasteiger partial charge in [0, 0.05) is 24.8 Å². The van der Waals surface area contributed by atoms with Crippen LogP contribution in [0.3, 0.4) is 0 Å². The number of carbonyl (C=O) groups excluding carboxylic acids is 2. The summed E-state index contributed by atoms with van der Waals surface area (Å²) in [6.45, 7) is 2.80. The van der Waals surface area contributed by atoms with Crippen molar-refractivity contribution in [2.75, 3.05) is 18.5 Å². The second-order valence-corrected chi connectivity index (χ2v) is 4.62. The Bertz CT molecular complexity index is 471. The maximum atomic E-state index is 11.8. The average molecular weight is 246 g/mol. The van der Waals surface area contributed by atoms with E-state index < -0.39 is 0 Å². The van der Waals surface area contributed by atoms with Crippen molar-refractivity contribution < 1.29 is 9.59 Å². The maximum Gasteiger partial charge on any atom is 0.242 e. The highest BCUT2D eigenvalue weighted by atomic mass is 16.2. The van der Waals surface area contributed by atoms with E-state index in [0.717, 1.165) is 36.9 Å². The van der Waals surface area contributed by atoms with Gasteiger partial charge in [0.2, 0.25) is 5.91 Å². The zero-order valence-electron chi connectivity index (χ0n) is 10.8. The van der Waals surface area contributed by atoms with Gasteiger partial charge in [-0.15, -0.1) is 0 Å². The fraction of sp³-hybridized carbons (Fsp3) is 0.429. The van der Waals surface area contributed by atoms with Crippen LogP contribution < -0.4 is 10.2 Å². The van der Waals surface area contributed by atoms with E-state index in [1.807, 2.05) is 25.1 Å². The molecule has 1 saturated heterocycles. The van der Waals surface area contributed by atoms with Gasteiger partial charge in [-0.05, 0) is 43.5 Å². The zero-order chi connectivity index (χ0) is 13.1. The van der Waals surface area contributed by atoms with Crippen LogP contribution in [0.1, 0.15) is 28.8 Å². The number of hydrogen-bond donors (Lipinski definition) is 1. The molecule has 4 nitrogen and oxygen atoms in total. The first-order chi connectivity index (χ1) is 8.67. The molecule has 0 bridgehead atoms. The molecule has 2 rings (SSSR count). The Morgan fingerprint density at radius 3 is 2.89 bits per heavy atom. The number of nitrogens with zero attached hydrogens (tertiary/aromatic N) is 1. The molecule has 0 saturated carbocycles. The second kappa shape index (κ2) is 5.21. The van der Waals surface area contributed by atoms with Crippen molar-refractivity contribution in [1.82, 2.24) is 5.32 Å². The van der Waals surface area contributed by atoms with Gasteiger partial charge in [-0.25, -0.2) is 0 Å². The minimum atomic E-state index is -0.0866. The summed E-state index contributed by atoms with van der Waals surface area (Å²) in [6.07, 6.45) is 2.76. The van der Waals surface area contributed by atoms with E-state index in [1.165, 1.54) is 0 Å². The highest BCUT2D eigenvalue weighted by Crippen LogP contribution is 2.27. The molecule has 0 spiro atoms. The first-order valence-corrected chi connectivity index (χ1v) is 6.21. The first-order valence-electron chi connectivity index (χ1n) is 6.21. The van der Waals surface area contributed by atoms with Crippen molar-refractivity contribution in [1.29, 1.82) is 0 Å². The quantitative estimate of drug-likeness (QED) is 0.823. The van der Waals surface area contributed by atoms with Crippen molar-refractivity contribution in [2.45, 2.75) is 25.8 Å². The van der Waals surface area contributed by atoms with Crippen LogP contribution in [0.2, 0.25) is 0 Å². The standard InChI is InChI=1S/C14H18N2O2/c1-10-8-12(6-5-11(10)9-17)16-7-3-4-13(16)14(18)15-2/h5-6,8-9,13H,3-4,7H2,1-2H3,(H,15,18). The third-order valence-corrected chi connectivity index (χ3v) is 3.51. The summed E-state index contributed by atoms with van der Waals surface area (Å²) in [6, 6.07) is 5.62. The maximum absolute atomic E-state index is 11.8. The number of carbonyl (C=O) groups is 2. The van der Waals surface area contributed by atoms with Crippen LogP contribution in [0.15, 0.2) is 18.2 Å². The van der Waals surface area contributed by atoms with E-state index >= 15 is 0 Å². The fourth-order valence-corrected chi connectivity index (χ4v) is 2.49. The lowest BCUT2D eigenvalue weighted by Crippen LogP contribution is -2.42. The van der Waals surface area contributed by atoms with Crippen LogP contribution >= 0.6 is 0 Å². The van der Waals surface area contributed by atoms with Gasteiger partial charge in [-0.3, -0.25) is 9.59 Å². The summed E-state index contributed by atoms with van der Waals surface area (Å²) >= 11 is 0. The van der Waals surface area contributed by atoms with Crippen molar-refractivity contribution in [3.63, 3.8) is 0 Å². The number of nitrogens with one attached hydrogen (secondary N) is 1. The molecular weight excluding hydrogens is 228 g/mol. The third-order valence-electron chi connectivity index (χ3n) is 3.51. The molecule has 1 aliphatic heterocycles. The topological polar surface area (TPSA) is 49.4 Å². The van der Waals surface area contributed by atoms with Gasteiger partial charge >= 0.3 is 0 Å². The summed E-state index contributed by atoms with van der Waals surface area (Å²) in [7, 11) is 1.67. The van der Waals surface area contributed by atoms with Crippen LogP contribution in [-0.4, -0.2) is 31.8 Å². The van der Waals surface area contributed by atoms with Gasteiger partial charge < -0.3 is 10.2 Å². The summed E-state index contributed by atoms with van der Waals surface area (Å²) < 4.78 is 0. The summed E-state index contributed by atoms with van der Waals surface area (Å²) in [5.74, 6) is 0.0598. The number of aldehydes is 1. The van der Waals surface area contributed by atoms with Crippen LogP contribution in [0.5, 0.6) is 0 Å². The number of hydrogen-bond acceptors (Lipinski definition) is 3. The van der Waals surface area contributed by atoms with Crippen LogP contribution in [0.25, 0.3) is 0 Å². The van der Waals surface area contributed by atoms with Crippen LogP contribution in [-0.2, 0) is 4.79 Å². The molecular formula is C14H18N2O2. The lowest BCUT2D eigenvalue weighted by Gasteiger charge is -2.26. The molecule has 1 aromatic rings. The van der Waals surface area contributed by atoms with Gasteiger partial charge in [-0.1, -0.05) is 0 Å². The van der Waals surface area contributed by atoms with Crippen molar-refractivity contribution in [3.8, 4) is 0 Å². The number of rotatable bonds is 3. The number of aryl methyl sites for hydroxylation is 1. The Morgan fingerprint density at radius 2 is 2.28 bits per heavy atom. The molecule has 1 atom stereocenters. The second-order valence-electron chi connectivity index (χ2n) is 4.62. The normalized spacial score (nSPS) is 18.8. The minimum absolute atomic E-state index is 0.0598. The highest BCUT2D eigenvalue weighted by Gasteiger charge is 2.30. The Labute approximate surface area is 107 Å². The predicted molar refractivity (Wildman–Crippen MR) is 71.0 cm³/mol. The Kier molecular flexibility index (Phi) is 3.65. The molecule has 1 heterocycles. The third kappa shape index (κ3) is 2.23. The van der Waals surface area contributed by atoms with Gasteiger partial charge in [0.05, 0.1) is 0 Å². The molecule has 1 N–H and O–H groups in total. The summed E-state index contributed by atoms with van der Waals surface area (Å²) in [5.41, 5.74) is 2.67. The smallest absolute Gasteiger partial charge is 0.242 e. The highest BCUT2D eigenvalue weighted by molar-refractivity contribution is 5.86. The van der Waals surface area contributed by atoms with E-state index in [1.54, 1.807) is 7.05 Å². The van der Waals surface area contributed by atoms with Gasteiger partial charge in [0.1, 0.15) is 12.3 Å². The van der Waals surface area contributed by atoms with Crippen molar-refractivity contribution in [3.05, 3.63) is 29.3 Å². The molecule has 1 fully saturated rings. The van der Waals surface area contributed by atoms with Crippen molar-refractivity contribution >= 4 is 17.9 Å². The molecule has 1 aromatic carbocycles. The number of amides is 1. The number of likely N-dealkylation sites (N-methyl/N-ethyl adjacent to an activating group) is 1.